The van der Waals surface area contributed by atoms with E-state index >= 15 is 0 Å². The van der Waals surface area contributed by atoms with Gasteiger partial charge in [-0.2, -0.15) is 15.0 Å². The van der Waals surface area contributed by atoms with Gasteiger partial charge in [-0.3, -0.25) is 0 Å². The zero-order valence-corrected chi connectivity index (χ0v) is 11.3. The van der Waals surface area contributed by atoms with Gasteiger partial charge in [-0.15, -0.1) is 0 Å². The van der Waals surface area contributed by atoms with Crippen LogP contribution in [-0.4, -0.2) is 21.0 Å². The normalized spacial score (nSPS) is 16.1. The molecule has 1 aromatic carbocycles. The minimum atomic E-state index is 0.658. The third kappa shape index (κ3) is 2.84. The standard InChI is InChI=1S/C15H20N4/c1-19-17-14(11-16-13-9-5-6-10-13)15(18-19)12-7-3-2-4-8-12/h2-4,7-8,13,16H,5-6,9-11H2,1H3. The van der Waals surface area contributed by atoms with E-state index in [2.05, 4.69) is 27.6 Å². The molecule has 1 saturated carbocycles. The summed E-state index contributed by atoms with van der Waals surface area (Å²) in [5, 5.41) is 12.6. The summed E-state index contributed by atoms with van der Waals surface area (Å²) < 4.78 is 0. The molecule has 1 fully saturated rings. The van der Waals surface area contributed by atoms with Crippen molar-refractivity contribution < 1.29 is 0 Å². The molecule has 1 N–H and O–H groups in total. The van der Waals surface area contributed by atoms with Crippen LogP contribution >= 0.6 is 0 Å². The first kappa shape index (κ1) is 12.4. The molecule has 0 amide bonds. The molecule has 19 heavy (non-hydrogen) atoms. The first-order valence-electron chi connectivity index (χ1n) is 7.02. The maximum absolute atomic E-state index is 4.49. The topological polar surface area (TPSA) is 42.7 Å². The summed E-state index contributed by atoms with van der Waals surface area (Å²) in [4.78, 5) is 1.66. The number of nitrogens with one attached hydrogen (secondary N) is 1. The number of nitrogens with zero attached hydrogens (tertiary/aromatic N) is 3. The van der Waals surface area contributed by atoms with E-state index in [4.69, 9.17) is 0 Å². The summed E-state index contributed by atoms with van der Waals surface area (Å²) in [5.41, 5.74) is 3.17. The van der Waals surface area contributed by atoms with E-state index in [9.17, 15) is 0 Å². The molecule has 0 atom stereocenters. The lowest BCUT2D eigenvalue weighted by molar-refractivity contribution is 0.515. The quantitative estimate of drug-likeness (QED) is 0.914. The molecule has 4 heteroatoms. The summed E-state index contributed by atoms with van der Waals surface area (Å²) in [7, 11) is 1.88. The zero-order valence-electron chi connectivity index (χ0n) is 11.3. The molecule has 0 spiro atoms. The van der Waals surface area contributed by atoms with Gasteiger partial charge in [0.05, 0.1) is 0 Å². The SMILES string of the molecule is Cn1nc(CNC2CCCC2)c(-c2ccccc2)n1. The van der Waals surface area contributed by atoms with Crippen LogP contribution in [0.15, 0.2) is 30.3 Å². The molecule has 1 aliphatic rings. The molecule has 0 bridgehead atoms. The van der Waals surface area contributed by atoms with Crippen LogP contribution in [0.4, 0.5) is 0 Å². The molecule has 0 radical (unpaired) electrons. The Balaban J connectivity index is 1.77. The fraction of sp³-hybridized carbons (Fsp3) is 0.467. The molecular formula is C15H20N4. The van der Waals surface area contributed by atoms with E-state index < -0.39 is 0 Å². The molecule has 2 aromatic rings. The second-order valence-electron chi connectivity index (χ2n) is 5.21. The van der Waals surface area contributed by atoms with E-state index in [1.54, 1.807) is 4.80 Å². The second kappa shape index (κ2) is 5.53. The lowest BCUT2D eigenvalue weighted by Crippen LogP contribution is -2.25. The van der Waals surface area contributed by atoms with Gasteiger partial charge in [0.15, 0.2) is 0 Å². The minimum Gasteiger partial charge on any atom is -0.308 e. The summed E-state index contributed by atoms with van der Waals surface area (Å²) in [6.45, 7) is 0.808. The lowest BCUT2D eigenvalue weighted by Gasteiger charge is -2.10. The fourth-order valence-corrected chi connectivity index (χ4v) is 2.76. The Bertz CT molecular complexity index is 526. The lowest BCUT2D eigenvalue weighted by atomic mass is 10.1. The van der Waals surface area contributed by atoms with Crippen LogP contribution in [0.25, 0.3) is 11.3 Å². The van der Waals surface area contributed by atoms with Crippen LogP contribution in [0.2, 0.25) is 0 Å². The van der Waals surface area contributed by atoms with Crippen LogP contribution in [-0.2, 0) is 13.6 Å². The molecule has 4 nitrogen and oxygen atoms in total. The van der Waals surface area contributed by atoms with E-state index in [0.717, 1.165) is 23.5 Å². The van der Waals surface area contributed by atoms with E-state index in [-0.39, 0.29) is 0 Å². The van der Waals surface area contributed by atoms with Crippen molar-refractivity contribution in [2.24, 2.45) is 7.05 Å². The van der Waals surface area contributed by atoms with Crippen LogP contribution in [0, 0.1) is 0 Å². The minimum absolute atomic E-state index is 0.658. The Morgan fingerprint density at radius 3 is 2.63 bits per heavy atom. The van der Waals surface area contributed by atoms with E-state index in [1.807, 2.05) is 25.2 Å². The van der Waals surface area contributed by atoms with Crippen molar-refractivity contribution in [3.05, 3.63) is 36.0 Å². The van der Waals surface area contributed by atoms with Gasteiger partial charge in [0.25, 0.3) is 0 Å². The number of aromatic nitrogens is 3. The molecule has 0 aliphatic heterocycles. The smallest absolute Gasteiger partial charge is 0.117 e. The maximum Gasteiger partial charge on any atom is 0.117 e. The van der Waals surface area contributed by atoms with Crippen LogP contribution in [0.3, 0.4) is 0 Å². The predicted octanol–water partition coefficient (Wildman–Crippen LogP) is 2.51. The third-order valence-electron chi connectivity index (χ3n) is 3.74. The van der Waals surface area contributed by atoms with Crippen molar-refractivity contribution in [2.75, 3.05) is 0 Å². The van der Waals surface area contributed by atoms with Crippen LogP contribution in [0.1, 0.15) is 31.4 Å². The summed E-state index contributed by atoms with van der Waals surface area (Å²) in [5.74, 6) is 0. The van der Waals surface area contributed by atoms with Gasteiger partial charge >= 0.3 is 0 Å². The highest BCUT2D eigenvalue weighted by molar-refractivity contribution is 5.60. The number of rotatable bonds is 4. The van der Waals surface area contributed by atoms with Gasteiger partial charge in [0, 0.05) is 25.2 Å². The summed E-state index contributed by atoms with van der Waals surface area (Å²) in [6.07, 6.45) is 5.29. The highest BCUT2D eigenvalue weighted by Gasteiger charge is 2.17. The maximum atomic E-state index is 4.49. The Labute approximate surface area is 113 Å². The monoisotopic (exact) mass is 256 g/mol. The zero-order chi connectivity index (χ0) is 13.1. The third-order valence-corrected chi connectivity index (χ3v) is 3.74. The fourth-order valence-electron chi connectivity index (χ4n) is 2.76. The van der Waals surface area contributed by atoms with Gasteiger partial charge in [0.2, 0.25) is 0 Å². The number of hydrogen-bond donors (Lipinski definition) is 1. The van der Waals surface area contributed by atoms with Crippen molar-refractivity contribution in [3.63, 3.8) is 0 Å². The van der Waals surface area contributed by atoms with E-state index in [0.29, 0.717) is 6.04 Å². The van der Waals surface area contributed by atoms with Gasteiger partial charge < -0.3 is 5.32 Å². The molecule has 3 rings (SSSR count). The molecule has 1 aromatic heterocycles. The first-order chi connectivity index (χ1) is 9.33. The largest absolute Gasteiger partial charge is 0.308 e. The summed E-state index contributed by atoms with van der Waals surface area (Å²) in [6, 6.07) is 10.9. The molecule has 100 valence electrons. The predicted molar refractivity (Wildman–Crippen MR) is 75.5 cm³/mol. The molecular weight excluding hydrogens is 236 g/mol. The van der Waals surface area contributed by atoms with Crippen LogP contribution in [0.5, 0.6) is 0 Å². The second-order valence-corrected chi connectivity index (χ2v) is 5.21. The molecule has 0 unspecified atom stereocenters. The number of benzene rings is 1. The Morgan fingerprint density at radius 2 is 1.89 bits per heavy atom. The van der Waals surface area contributed by atoms with Crippen molar-refractivity contribution >= 4 is 0 Å². The Hall–Kier alpha value is -1.68. The van der Waals surface area contributed by atoms with Gasteiger partial charge in [-0.25, -0.2) is 0 Å². The van der Waals surface area contributed by atoms with Gasteiger partial charge in [-0.1, -0.05) is 43.2 Å². The van der Waals surface area contributed by atoms with Crippen molar-refractivity contribution in [1.29, 1.82) is 0 Å². The Kier molecular flexibility index (Phi) is 3.60. The molecule has 1 heterocycles. The van der Waals surface area contributed by atoms with Crippen LogP contribution < -0.4 is 5.32 Å². The number of aryl methyl sites for hydroxylation is 1. The van der Waals surface area contributed by atoms with Gasteiger partial charge in [0.1, 0.15) is 11.4 Å². The average Bonchev–Trinajstić information content (AvgIpc) is 3.06. The van der Waals surface area contributed by atoms with Gasteiger partial charge in [-0.05, 0) is 12.8 Å². The first-order valence-corrected chi connectivity index (χ1v) is 7.02. The highest BCUT2D eigenvalue weighted by Crippen LogP contribution is 2.21. The molecule has 0 saturated heterocycles. The average molecular weight is 256 g/mol. The van der Waals surface area contributed by atoms with E-state index in [1.165, 1.54) is 25.7 Å². The Morgan fingerprint density at radius 1 is 1.16 bits per heavy atom. The summed E-state index contributed by atoms with van der Waals surface area (Å²) >= 11 is 0. The highest BCUT2D eigenvalue weighted by atomic mass is 15.5. The molecule has 1 aliphatic carbocycles. The van der Waals surface area contributed by atoms with Crippen molar-refractivity contribution in [1.82, 2.24) is 20.3 Å². The van der Waals surface area contributed by atoms with Crippen molar-refractivity contribution in [3.8, 4) is 11.3 Å². The van der Waals surface area contributed by atoms with Crippen molar-refractivity contribution in [2.45, 2.75) is 38.3 Å². The number of hydrogen-bond acceptors (Lipinski definition) is 3.